The highest BCUT2D eigenvalue weighted by Gasteiger charge is 2.36. The summed E-state index contributed by atoms with van der Waals surface area (Å²) in [6, 6.07) is 5.83. The molecule has 3 N–H and O–H groups in total. The van der Waals surface area contributed by atoms with Crippen molar-refractivity contribution >= 4 is 5.91 Å². The summed E-state index contributed by atoms with van der Waals surface area (Å²) in [5, 5.41) is 3.05. The van der Waals surface area contributed by atoms with Crippen molar-refractivity contribution in [1.82, 2.24) is 5.32 Å². The van der Waals surface area contributed by atoms with Gasteiger partial charge in [0.25, 0.3) is 0 Å². The molecule has 0 saturated carbocycles. The zero-order valence-corrected chi connectivity index (χ0v) is 13.8. The number of hydrogen-bond acceptors (Lipinski definition) is 4. The highest BCUT2D eigenvalue weighted by molar-refractivity contribution is 5.78. The van der Waals surface area contributed by atoms with Gasteiger partial charge in [-0.05, 0) is 38.0 Å². The fraction of sp³-hybridized carbons (Fsp3) is 0.588. The van der Waals surface area contributed by atoms with Crippen LogP contribution >= 0.6 is 0 Å². The Balaban J connectivity index is 2.35. The van der Waals surface area contributed by atoms with Crippen LogP contribution in [0.1, 0.15) is 56.8 Å². The monoisotopic (exact) mass is 306 g/mol. The first-order valence-electron chi connectivity index (χ1n) is 7.75. The molecule has 0 spiro atoms. The molecule has 1 aromatic rings. The lowest BCUT2D eigenvalue weighted by Crippen LogP contribution is -2.43. The maximum atomic E-state index is 11.9. The Morgan fingerprint density at radius 3 is 2.91 bits per heavy atom. The van der Waals surface area contributed by atoms with E-state index in [1.807, 2.05) is 25.1 Å². The lowest BCUT2D eigenvalue weighted by molar-refractivity contribution is -0.126. The van der Waals surface area contributed by atoms with Crippen molar-refractivity contribution in [3.05, 3.63) is 29.3 Å². The van der Waals surface area contributed by atoms with Gasteiger partial charge in [-0.1, -0.05) is 13.0 Å². The summed E-state index contributed by atoms with van der Waals surface area (Å²) in [5.41, 5.74) is 7.72. The molecular weight excluding hydrogens is 280 g/mol. The Kier molecular flexibility index (Phi) is 5.08. The third-order valence-corrected chi connectivity index (χ3v) is 4.29. The third kappa shape index (κ3) is 3.59. The number of methoxy groups -OCH3 is 1. The maximum Gasteiger partial charge on any atom is 0.246 e. The molecule has 0 saturated heterocycles. The Labute approximate surface area is 132 Å². The van der Waals surface area contributed by atoms with E-state index in [0.717, 1.165) is 29.7 Å². The first kappa shape index (κ1) is 16.8. The summed E-state index contributed by atoms with van der Waals surface area (Å²) >= 11 is 0. The molecule has 2 rings (SSSR count). The van der Waals surface area contributed by atoms with Crippen LogP contribution in [0.3, 0.4) is 0 Å². The fourth-order valence-corrected chi connectivity index (χ4v) is 2.78. The number of hydrogen-bond donors (Lipinski definition) is 2. The predicted octanol–water partition coefficient (Wildman–Crippen LogP) is 2.46. The van der Waals surface area contributed by atoms with Crippen LogP contribution in [0, 0.1) is 0 Å². The molecule has 0 aromatic heterocycles. The van der Waals surface area contributed by atoms with E-state index in [1.165, 1.54) is 7.11 Å². The average molecular weight is 306 g/mol. The van der Waals surface area contributed by atoms with Crippen molar-refractivity contribution in [3.8, 4) is 5.75 Å². The van der Waals surface area contributed by atoms with Gasteiger partial charge in [-0.25, -0.2) is 0 Å². The molecule has 5 heteroatoms. The van der Waals surface area contributed by atoms with Crippen molar-refractivity contribution in [2.75, 3.05) is 13.7 Å². The van der Waals surface area contributed by atoms with E-state index in [4.69, 9.17) is 15.2 Å². The van der Waals surface area contributed by atoms with Gasteiger partial charge in [-0.2, -0.15) is 0 Å². The molecular formula is C17H26N2O3. The summed E-state index contributed by atoms with van der Waals surface area (Å²) in [6.07, 6.45) is 1.60. The van der Waals surface area contributed by atoms with Gasteiger partial charge >= 0.3 is 0 Å². The van der Waals surface area contributed by atoms with E-state index < -0.39 is 0 Å². The first-order chi connectivity index (χ1) is 10.4. The molecule has 1 heterocycles. The summed E-state index contributed by atoms with van der Waals surface area (Å²) in [7, 11) is 1.52. The zero-order valence-electron chi connectivity index (χ0n) is 13.8. The second-order valence-electron chi connectivity index (χ2n) is 6.25. The van der Waals surface area contributed by atoms with Crippen molar-refractivity contribution in [1.29, 1.82) is 0 Å². The second-order valence-corrected chi connectivity index (χ2v) is 6.25. The molecule has 1 aromatic carbocycles. The quantitative estimate of drug-likeness (QED) is 0.876. The van der Waals surface area contributed by atoms with E-state index in [1.54, 1.807) is 0 Å². The molecule has 1 aliphatic rings. The number of amides is 1. The summed E-state index contributed by atoms with van der Waals surface area (Å²) in [4.78, 5) is 11.9. The Bertz CT molecular complexity index is 545. The molecule has 1 aliphatic heterocycles. The van der Waals surface area contributed by atoms with Crippen molar-refractivity contribution in [2.45, 2.75) is 51.3 Å². The lowest BCUT2D eigenvalue weighted by atomic mass is 9.85. The summed E-state index contributed by atoms with van der Waals surface area (Å²) < 4.78 is 11.1. The summed E-state index contributed by atoms with van der Waals surface area (Å²) in [6.45, 7) is 6.17. The van der Waals surface area contributed by atoms with Gasteiger partial charge in [-0.3, -0.25) is 4.79 Å². The molecule has 1 amide bonds. The number of fused-ring (bicyclic) bond motifs is 1. The van der Waals surface area contributed by atoms with E-state index in [0.29, 0.717) is 0 Å². The van der Waals surface area contributed by atoms with Gasteiger partial charge in [-0.15, -0.1) is 0 Å². The van der Waals surface area contributed by atoms with Gasteiger partial charge in [0.15, 0.2) is 0 Å². The minimum atomic E-state index is -0.284. The Morgan fingerprint density at radius 2 is 2.32 bits per heavy atom. The molecule has 0 aliphatic carbocycles. The normalized spacial score (nSPS) is 25.0. The van der Waals surface area contributed by atoms with Crippen molar-refractivity contribution < 1.29 is 14.3 Å². The molecule has 3 atom stereocenters. The maximum absolute atomic E-state index is 11.9. The number of benzene rings is 1. The van der Waals surface area contributed by atoms with Crippen LogP contribution in [0.15, 0.2) is 18.2 Å². The second kappa shape index (κ2) is 6.67. The van der Waals surface area contributed by atoms with E-state index in [2.05, 4.69) is 19.2 Å². The third-order valence-electron chi connectivity index (χ3n) is 4.29. The smallest absolute Gasteiger partial charge is 0.246 e. The lowest BCUT2D eigenvalue weighted by Gasteiger charge is -2.40. The molecule has 0 radical (unpaired) electrons. The van der Waals surface area contributed by atoms with E-state index in [-0.39, 0.29) is 30.2 Å². The minimum absolute atomic E-state index is 0.0555. The van der Waals surface area contributed by atoms with Gasteiger partial charge < -0.3 is 20.5 Å². The number of carbonyl (C=O) groups is 1. The van der Waals surface area contributed by atoms with Crippen molar-refractivity contribution in [2.24, 2.45) is 5.73 Å². The first-order valence-corrected chi connectivity index (χ1v) is 7.75. The van der Waals surface area contributed by atoms with Gasteiger partial charge in [0.1, 0.15) is 18.0 Å². The highest BCUT2D eigenvalue weighted by Crippen LogP contribution is 2.41. The number of nitrogens with two attached hydrogens (primary N) is 1. The topological polar surface area (TPSA) is 73.6 Å². The molecule has 3 unspecified atom stereocenters. The molecule has 0 fully saturated rings. The SMILES string of the molecule is CCC1(C)CC(NC(=O)COC)c2cc(C(C)N)ccc2O1. The van der Waals surface area contributed by atoms with Crippen LogP contribution in [0.25, 0.3) is 0 Å². The standard InChI is InChI=1S/C17H26N2O3/c1-5-17(3)9-14(19-16(20)10-21-4)13-8-12(11(2)18)6-7-15(13)22-17/h6-8,11,14H,5,9-10,18H2,1-4H3,(H,19,20). The highest BCUT2D eigenvalue weighted by atomic mass is 16.5. The average Bonchev–Trinajstić information content (AvgIpc) is 2.47. The van der Waals surface area contributed by atoms with Crippen LogP contribution in [-0.4, -0.2) is 25.2 Å². The molecule has 122 valence electrons. The van der Waals surface area contributed by atoms with E-state index in [9.17, 15) is 4.79 Å². The van der Waals surface area contributed by atoms with Crippen LogP contribution in [-0.2, 0) is 9.53 Å². The zero-order chi connectivity index (χ0) is 16.3. The number of rotatable bonds is 5. The van der Waals surface area contributed by atoms with Crippen molar-refractivity contribution in [3.63, 3.8) is 0 Å². The van der Waals surface area contributed by atoms with Crippen LogP contribution in [0.2, 0.25) is 0 Å². The summed E-state index contributed by atoms with van der Waals surface area (Å²) in [5.74, 6) is 0.702. The fourth-order valence-electron chi connectivity index (χ4n) is 2.78. The van der Waals surface area contributed by atoms with Crippen LogP contribution in [0.5, 0.6) is 5.75 Å². The van der Waals surface area contributed by atoms with Gasteiger partial charge in [0.05, 0.1) is 6.04 Å². The Morgan fingerprint density at radius 1 is 1.59 bits per heavy atom. The number of carbonyl (C=O) groups excluding carboxylic acids is 1. The van der Waals surface area contributed by atoms with Crippen LogP contribution in [0.4, 0.5) is 0 Å². The Hall–Kier alpha value is -1.59. The molecule has 0 bridgehead atoms. The van der Waals surface area contributed by atoms with E-state index >= 15 is 0 Å². The molecule has 22 heavy (non-hydrogen) atoms. The van der Waals surface area contributed by atoms with Gasteiger partial charge in [0, 0.05) is 25.1 Å². The number of ether oxygens (including phenoxy) is 2. The van der Waals surface area contributed by atoms with Gasteiger partial charge in [0.2, 0.25) is 5.91 Å². The number of nitrogens with one attached hydrogen (secondary N) is 1. The molecule has 5 nitrogen and oxygen atoms in total. The van der Waals surface area contributed by atoms with Crippen LogP contribution < -0.4 is 15.8 Å². The minimum Gasteiger partial charge on any atom is -0.487 e. The largest absolute Gasteiger partial charge is 0.487 e. The predicted molar refractivity (Wildman–Crippen MR) is 85.7 cm³/mol.